The average Bonchev–Trinajstić information content (AvgIpc) is 3.05. The van der Waals surface area contributed by atoms with Crippen molar-refractivity contribution >= 4 is 23.2 Å². The first kappa shape index (κ1) is 15.3. The Morgan fingerprint density at radius 1 is 1.13 bits per heavy atom. The number of carbonyl (C=O) groups is 1. The van der Waals surface area contributed by atoms with E-state index in [4.69, 9.17) is 11.6 Å². The highest BCUT2D eigenvalue weighted by Gasteiger charge is 2.07. The number of hydrogen-bond acceptors (Lipinski definition) is 2. The Kier molecular flexibility index (Phi) is 4.44. The third-order valence-electron chi connectivity index (χ3n) is 3.54. The van der Waals surface area contributed by atoms with Gasteiger partial charge in [0.2, 0.25) is 0 Å². The average molecular weight is 326 g/mol. The summed E-state index contributed by atoms with van der Waals surface area (Å²) in [7, 11) is 0. The second-order valence-electron chi connectivity index (χ2n) is 5.07. The first-order chi connectivity index (χ1) is 11.2. The van der Waals surface area contributed by atoms with Crippen molar-refractivity contribution in [1.29, 1.82) is 0 Å². The lowest BCUT2D eigenvalue weighted by atomic mass is 10.2. The Labute approximate surface area is 139 Å². The van der Waals surface area contributed by atoms with E-state index in [1.54, 1.807) is 30.5 Å². The van der Waals surface area contributed by atoms with E-state index < -0.39 is 0 Å². The van der Waals surface area contributed by atoms with Crippen LogP contribution in [-0.2, 0) is 6.42 Å². The van der Waals surface area contributed by atoms with Gasteiger partial charge in [-0.3, -0.25) is 4.79 Å². The standard InChI is InChI=1S/C18H16ClN3O/c1-2-17-20-11-12-22(17)16-9-7-15(8-10-16)21-18(23)13-3-5-14(19)6-4-13/h3-12H,2H2,1H3,(H,21,23). The van der Waals surface area contributed by atoms with E-state index in [0.29, 0.717) is 10.6 Å². The lowest BCUT2D eigenvalue weighted by Crippen LogP contribution is -2.11. The van der Waals surface area contributed by atoms with Crippen molar-refractivity contribution < 1.29 is 4.79 Å². The number of nitrogens with one attached hydrogen (secondary N) is 1. The molecule has 3 rings (SSSR count). The maximum atomic E-state index is 12.2. The molecule has 0 spiro atoms. The van der Waals surface area contributed by atoms with Crippen LogP contribution in [0.2, 0.25) is 5.02 Å². The first-order valence-electron chi connectivity index (χ1n) is 7.37. The normalized spacial score (nSPS) is 10.5. The lowest BCUT2D eigenvalue weighted by Gasteiger charge is -2.09. The number of aromatic nitrogens is 2. The van der Waals surface area contributed by atoms with E-state index in [0.717, 1.165) is 23.6 Å². The topological polar surface area (TPSA) is 46.9 Å². The molecule has 23 heavy (non-hydrogen) atoms. The van der Waals surface area contributed by atoms with Gasteiger partial charge in [-0.15, -0.1) is 0 Å². The summed E-state index contributed by atoms with van der Waals surface area (Å²) >= 11 is 5.83. The molecule has 1 N–H and O–H groups in total. The number of amides is 1. The second kappa shape index (κ2) is 6.67. The highest BCUT2D eigenvalue weighted by molar-refractivity contribution is 6.30. The van der Waals surface area contributed by atoms with Crippen LogP contribution in [0.5, 0.6) is 0 Å². The molecule has 2 aromatic carbocycles. The van der Waals surface area contributed by atoms with Gasteiger partial charge in [-0.05, 0) is 48.5 Å². The Hall–Kier alpha value is -2.59. The molecule has 0 aliphatic carbocycles. The predicted molar refractivity (Wildman–Crippen MR) is 92.3 cm³/mol. The molecule has 0 aliphatic heterocycles. The number of anilines is 1. The van der Waals surface area contributed by atoms with Gasteiger partial charge >= 0.3 is 0 Å². The van der Waals surface area contributed by atoms with Crippen molar-refractivity contribution in [2.75, 3.05) is 5.32 Å². The van der Waals surface area contributed by atoms with Gasteiger partial charge in [0.15, 0.2) is 0 Å². The summed E-state index contributed by atoms with van der Waals surface area (Å²) in [4.78, 5) is 16.5. The fraction of sp³-hybridized carbons (Fsp3) is 0.111. The van der Waals surface area contributed by atoms with Crippen molar-refractivity contribution in [2.45, 2.75) is 13.3 Å². The van der Waals surface area contributed by atoms with Crippen LogP contribution in [0, 0.1) is 0 Å². The van der Waals surface area contributed by atoms with E-state index >= 15 is 0 Å². The molecule has 0 atom stereocenters. The van der Waals surface area contributed by atoms with Crippen LogP contribution >= 0.6 is 11.6 Å². The highest BCUT2D eigenvalue weighted by Crippen LogP contribution is 2.17. The molecule has 0 unspecified atom stereocenters. The molecule has 116 valence electrons. The molecule has 4 nitrogen and oxygen atoms in total. The fourth-order valence-electron chi connectivity index (χ4n) is 2.34. The van der Waals surface area contributed by atoms with Crippen LogP contribution in [0.25, 0.3) is 5.69 Å². The number of benzene rings is 2. The molecule has 1 amide bonds. The Bertz CT molecular complexity index is 807. The summed E-state index contributed by atoms with van der Waals surface area (Å²) in [5.74, 6) is 0.842. The minimum atomic E-state index is -0.161. The number of halogens is 1. The van der Waals surface area contributed by atoms with Gasteiger partial charge < -0.3 is 9.88 Å². The number of nitrogens with zero attached hydrogens (tertiary/aromatic N) is 2. The van der Waals surface area contributed by atoms with Gasteiger partial charge in [0, 0.05) is 40.8 Å². The molecule has 1 heterocycles. The lowest BCUT2D eigenvalue weighted by molar-refractivity contribution is 0.102. The van der Waals surface area contributed by atoms with Crippen LogP contribution in [0.1, 0.15) is 23.1 Å². The number of hydrogen-bond donors (Lipinski definition) is 1. The minimum absolute atomic E-state index is 0.161. The van der Waals surface area contributed by atoms with Gasteiger partial charge in [0.1, 0.15) is 5.82 Å². The number of carbonyl (C=O) groups excluding carboxylic acids is 1. The Morgan fingerprint density at radius 3 is 2.48 bits per heavy atom. The summed E-state index contributed by atoms with van der Waals surface area (Å²) in [6, 6.07) is 14.5. The fourth-order valence-corrected chi connectivity index (χ4v) is 2.47. The molecule has 3 aromatic rings. The van der Waals surface area contributed by atoms with E-state index in [-0.39, 0.29) is 5.91 Å². The molecule has 0 radical (unpaired) electrons. The van der Waals surface area contributed by atoms with Crippen molar-refractivity contribution in [1.82, 2.24) is 9.55 Å². The van der Waals surface area contributed by atoms with E-state index in [1.807, 2.05) is 35.0 Å². The number of rotatable bonds is 4. The Morgan fingerprint density at radius 2 is 1.83 bits per heavy atom. The molecule has 0 saturated carbocycles. The molecule has 0 bridgehead atoms. The van der Waals surface area contributed by atoms with Gasteiger partial charge in [0.25, 0.3) is 5.91 Å². The zero-order chi connectivity index (χ0) is 16.2. The molecule has 1 aromatic heterocycles. The number of aryl methyl sites for hydroxylation is 1. The Balaban J connectivity index is 1.75. The van der Waals surface area contributed by atoms with Crippen LogP contribution in [0.3, 0.4) is 0 Å². The maximum Gasteiger partial charge on any atom is 0.255 e. The maximum absolute atomic E-state index is 12.2. The van der Waals surface area contributed by atoms with E-state index in [2.05, 4.69) is 17.2 Å². The summed E-state index contributed by atoms with van der Waals surface area (Å²) < 4.78 is 2.03. The predicted octanol–water partition coefficient (Wildman–Crippen LogP) is 4.34. The molecule has 0 saturated heterocycles. The molecule has 0 aliphatic rings. The monoisotopic (exact) mass is 325 g/mol. The van der Waals surface area contributed by atoms with E-state index in [1.165, 1.54) is 0 Å². The van der Waals surface area contributed by atoms with Gasteiger partial charge in [-0.25, -0.2) is 4.98 Å². The van der Waals surface area contributed by atoms with Crippen LogP contribution in [0.4, 0.5) is 5.69 Å². The number of imidazole rings is 1. The van der Waals surface area contributed by atoms with Crippen molar-refractivity contribution in [3.05, 3.63) is 77.3 Å². The smallest absolute Gasteiger partial charge is 0.255 e. The molecule has 5 heteroatoms. The van der Waals surface area contributed by atoms with Crippen LogP contribution in [0.15, 0.2) is 60.9 Å². The minimum Gasteiger partial charge on any atom is -0.322 e. The molecular weight excluding hydrogens is 310 g/mol. The molecular formula is C18H16ClN3O. The third kappa shape index (κ3) is 3.43. The van der Waals surface area contributed by atoms with Crippen molar-refractivity contribution in [2.24, 2.45) is 0 Å². The quantitative estimate of drug-likeness (QED) is 0.775. The third-order valence-corrected chi connectivity index (χ3v) is 3.80. The van der Waals surface area contributed by atoms with Gasteiger partial charge in [-0.2, -0.15) is 0 Å². The highest BCUT2D eigenvalue weighted by atomic mass is 35.5. The summed E-state index contributed by atoms with van der Waals surface area (Å²) in [5, 5.41) is 3.48. The van der Waals surface area contributed by atoms with Crippen LogP contribution in [-0.4, -0.2) is 15.5 Å². The van der Waals surface area contributed by atoms with Crippen molar-refractivity contribution in [3.63, 3.8) is 0 Å². The SMILES string of the molecule is CCc1nccn1-c1ccc(NC(=O)c2ccc(Cl)cc2)cc1. The summed E-state index contributed by atoms with van der Waals surface area (Å²) in [6.07, 6.45) is 4.58. The van der Waals surface area contributed by atoms with E-state index in [9.17, 15) is 4.79 Å². The second-order valence-corrected chi connectivity index (χ2v) is 5.51. The summed E-state index contributed by atoms with van der Waals surface area (Å²) in [5.41, 5.74) is 2.33. The van der Waals surface area contributed by atoms with Crippen LogP contribution < -0.4 is 5.32 Å². The largest absolute Gasteiger partial charge is 0.322 e. The molecule has 0 fully saturated rings. The first-order valence-corrected chi connectivity index (χ1v) is 7.75. The zero-order valence-corrected chi connectivity index (χ0v) is 13.4. The summed E-state index contributed by atoms with van der Waals surface area (Å²) in [6.45, 7) is 2.07. The van der Waals surface area contributed by atoms with Crippen molar-refractivity contribution in [3.8, 4) is 5.69 Å². The van der Waals surface area contributed by atoms with Gasteiger partial charge in [-0.1, -0.05) is 18.5 Å². The van der Waals surface area contributed by atoms with Gasteiger partial charge in [0.05, 0.1) is 0 Å². The zero-order valence-electron chi connectivity index (χ0n) is 12.7.